The van der Waals surface area contributed by atoms with E-state index in [2.05, 4.69) is 19.9 Å². The van der Waals surface area contributed by atoms with Crippen molar-refractivity contribution in [3.8, 4) is 0 Å². The molecule has 3 saturated carbocycles. The molecule has 0 bridgehead atoms. The van der Waals surface area contributed by atoms with E-state index in [-0.39, 0.29) is 28.8 Å². The van der Waals surface area contributed by atoms with Crippen molar-refractivity contribution in [3.63, 3.8) is 0 Å². The van der Waals surface area contributed by atoms with Crippen LogP contribution in [0.4, 0.5) is 0 Å². The number of ether oxygens (including phenoxy) is 13. The summed E-state index contributed by atoms with van der Waals surface area (Å²) in [6, 6.07) is 0. The maximum Gasteiger partial charge on any atom is 0.189 e. The van der Waals surface area contributed by atoms with Crippen LogP contribution >= 0.6 is 0 Å². The Labute approximate surface area is 454 Å². The van der Waals surface area contributed by atoms with Crippen LogP contribution in [0.1, 0.15) is 86.0 Å². The molecule has 0 spiro atoms. The Bertz CT molecular complexity index is 1990. The molecule has 8 fully saturated rings. The summed E-state index contributed by atoms with van der Waals surface area (Å²) in [5.74, 6) is 0.460. The fourth-order valence-electron chi connectivity index (χ4n) is 15.3. The first kappa shape index (κ1) is 61.3. The molecular formula is C53H88O25. The van der Waals surface area contributed by atoms with E-state index in [0.29, 0.717) is 24.7 Å². The summed E-state index contributed by atoms with van der Waals surface area (Å²) in [7, 11) is 4.24. The lowest BCUT2D eigenvalue weighted by atomic mass is 9.47. The molecule has 450 valence electrons. The lowest BCUT2D eigenvalue weighted by Crippen LogP contribution is -2.65. The zero-order chi connectivity index (χ0) is 56.4. The molecule has 25 nitrogen and oxygen atoms in total. The fraction of sp³-hybridized carbons (Fsp3) is 0.962. The Morgan fingerprint density at radius 3 is 1.94 bits per heavy atom. The number of aliphatic hydroxyl groups is 12. The molecule has 33 atom stereocenters. The molecule has 0 amide bonds. The number of methoxy groups -OCH3 is 3. The van der Waals surface area contributed by atoms with E-state index in [1.54, 1.807) is 14.0 Å². The van der Waals surface area contributed by atoms with E-state index >= 15 is 0 Å². The molecule has 0 aromatic heterocycles. The standard InChI is InChI=1S/C53H88O25/c1-20(71-51-46(45(68-8)34(56)21(2)72-51)77-49-40(62)38(60)36(58)31(75-49)19-69-48-39(61)37(59)35(57)30(18-54)74-48)33-28(55)16-27-25-10-9-23-15-24(11-13-52(23,4)26(25)12-14-53(27,33)5)73-32-17-29(66-6)43(22(3)70-32)76-50-42(64)44(67-7)41(63)47(65)78-50/h9,20-22,24-51,54-65H,10-19H2,1-8H3/t20?,21-,22-,24+,25-,26+,27+,28-,29+,30-,31-,32+,33+,34+,35-,36-,37+,38+,39-,40-,41-,42-,43-,44+,45+,46-,47+,48-,49+,50-,51-,52+,53+/m1/s1. The molecule has 0 aromatic rings. The van der Waals surface area contributed by atoms with Crippen molar-refractivity contribution in [1.82, 2.24) is 0 Å². The summed E-state index contributed by atoms with van der Waals surface area (Å²) in [5, 5.41) is 129. The van der Waals surface area contributed by atoms with Crippen molar-refractivity contribution in [2.75, 3.05) is 34.5 Å². The quantitative estimate of drug-likeness (QED) is 0.0705. The van der Waals surface area contributed by atoms with Gasteiger partial charge in [-0.1, -0.05) is 25.5 Å². The van der Waals surface area contributed by atoms with E-state index in [1.165, 1.54) is 19.8 Å². The average Bonchev–Trinajstić information content (AvgIpc) is 3.93. The predicted molar refractivity (Wildman–Crippen MR) is 263 cm³/mol. The lowest BCUT2D eigenvalue weighted by Gasteiger charge is -2.58. The highest BCUT2D eigenvalue weighted by Crippen LogP contribution is 2.67. The Kier molecular flexibility index (Phi) is 19.5. The van der Waals surface area contributed by atoms with E-state index < -0.39 is 173 Å². The van der Waals surface area contributed by atoms with Gasteiger partial charge in [-0.2, -0.15) is 0 Å². The molecule has 12 N–H and O–H groups in total. The molecule has 9 rings (SSSR count). The second-order valence-electron chi connectivity index (χ2n) is 24.0. The van der Waals surface area contributed by atoms with E-state index in [1.807, 2.05) is 13.8 Å². The fourth-order valence-corrected chi connectivity index (χ4v) is 15.3. The van der Waals surface area contributed by atoms with Gasteiger partial charge in [0.2, 0.25) is 0 Å². The van der Waals surface area contributed by atoms with E-state index in [0.717, 1.165) is 38.5 Å². The summed E-state index contributed by atoms with van der Waals surface area (Å²) >= 11 is 0. The van der Waals surface area contributed by atoms with Gasteiger partial charge in [-0.05, 0) is 94.3 Å². The van der Waals surface area contributed by atoms with Crippen LogP contribution in [-0.4, -0.2) is 262 Å². The van der Waals surface area contributed by atoms with Crippen molar-refractivity contribution in [3.05, 3.63) is 11.6 Å². The average molecular weight is 1130 g/mol. The third-order valence-electron chi connectivity index (χ3n) is 19.6. The topological polar surface area (TPSA) is 363 Å². The van der Waals surface area contributed by atoms with Gasteiger partial charge in [0.05, 0.1) is 49.8 Å². The SMILES string of the molecule is CO[C@H]1[C@@H](O)[C@@H](O)O[C@@H](O[C@H]2[C@@H](OC)C[C@H](O[C@H]3CC[C@@]4(C)C(=CC[C@H]5[C@@H]6C[C@@H](O)[C@H](C(C)O[C@@H]7O[C@H](C)[C@H](O)[C@H](OC)[C@H]7O[C@@H]7O[C@H](CO[C@@H]8O[C@H](CO)[C@@H](O)[C@H](O)[C@H]8O)[C@@H](O)[C@H](O)[C@H]7O)[C@@]6(C)CC[C@@H]54)C3)O[C@@H]2C)[C@@H]1O. The Morgan fingerprint density at radius 2 is 1.26 bits per heavy atom. The van der Waals surface area contributed by atoms with Crippen molar-refractivity contribution < 1.29 is 123 Å². The van der Waals surface area contributed by atoms with E-state index in [9.17, 15) is 61.3 Å². The first-order chi connectivity index (χ1) is 37.0. The van der Waals surface area contributed by atoms with Gasteiger partial charge >= 0.3 is 0 Å². The van der Waals surface area contributed by atoms with E-state index in [4.69, 9.17) is 61.6 Å². The van der Waals surface area contributed by atoms with Crippen LogP contribution in [0, 0.1) is 34.5 Å². The summed E-state index contributed by atoms with van der Waals surface area (Å²) in [4.78, 5) is 0. The van der Waals surface area contributed by atoms with Gasteiger partial charge in [0.15, 0.2) is 37.7 Å². The maximum atomic E-state index is 12.1. The molecule has 5 heterocycles. The van der Waals surface area contributed by atoms with Crippen molar-refractivity contribution in [2.45, 2.75) is 252 Å². The third kappa shape index (κ3) is 11.4. The Balaban J connectivity index is 0.832. The summed E-state index contributed by atoms with van der Waals surface area (Å²) < 4.78 is 77.8. The first-order valence-electron chi connectivity index (χ1n) is 27.9. The van der Waals surface area contributed by atoms with Crippen LogP contribution in [-0.2, 0) is 61.6 Å². The summed E-state index contributed by atoms with van der Waals surface area (Å²) in [6.07, 6.45) is -24.7. The number of hydrogen-bond acceptors (Lipinski definition) is 25. The molecule has 0 radical (unpaired) electrons. The Hall–Kier alpha value is -1.26. The minimum atomic E-state index is -1.85. The predicted octanol–water partition coefficient (Wildman–Crippen LogP) is -2.60. The van der Waals surface area contributed by atoms with Crippen LogP contribution in [0.5, 0.6) is 0 Å². The van der Waals surface area contributed by atoms with Crippen molar-refractivity contribution in [1.29, 1.82) is 0 Å². The number of allylic oxidation sites excluding steroid dienone is 1. The number of rotatable bonds is 16. The van der Waals surface area contributed by atoms with Gasteiger partial charge < -0.3 is 123 Å². The number of aliphatic hydroxyl groups excluding tert-OH is 12. The molecular weight excluding hydrogens is 1040 g/mol. The molecule has 25 heteroatoms. The second-order valence-corrected chi connectivity index (χ2v) is 24.0. The molecule has 5 aliphatic heterocycles. The van der Waals surface area contributed by atoms with Crippen LogP contribution < -0.4 is 0 Å². The minimum Gasteiger partial charge on any atom is -0.394 e. The summed E-state index contributed by atoms with van der Waals surface area (Å²) in [6.45, 7) is 8.68. The van der Waals surface area contributed by atoms with Gasteiger partial charge in [-0.15, -0.1) is 0 Å². The lowest BCUT2D eigenvalue weighted by molar-refractivity contribution is -0.376. The molecule has 9 aliphatic rings. The third-order valence-corrected chi connectivity index (χ3v) is 19.6. The van der Waals surface area contributed by atoms with Crippen molar-refractivity contribution >= 4 is 0 Å². The highest BCUT2D eigenvalue weighted by Gasteiger charge is 2.63. The minimum absolute atomic E-state index is 0.0872. The van der Waals surface area contributed by atoms with Gasteiger partial charge in [0.25, 0.3) is 0 Å². The van der Waals surface area contributed by atoms with Crippen LogP contribution in [0.2, 0.25) is 0 Å². The Morgan fingerprint density at radius 1 is 0.603 bits per heavy atom. The molecule has 4 aliphatic carbocycles. The van der Waals surface area contributed by atoms with Gasteiger partial charge in [0, 0.05) is 33.7 Å². The monoisotopic (exact) mass is 1120 g/mol. The van der Waals surface area contributed by atoms with Gasteiger partial charge in [-0.3, -0.25) is 0 Å². The normalized spacial score (nSPS) is 54.1. The van der Waals surface area contributed by atoms with Gasteiger partial charge in [-0.25, -0.2) is 0 Å². The van der Waals surface area contributed by atoms with Gasteiger partial charge in [0.1, 0.15) is 91.6 Å². The highest BCUT2D eigenvalue weighted by atomic mass is 16.8. The number of fused-ring (bicyclic) bond motifs is 5. The second kappa shape index (κ2) is 24.8. The molecule has 78 heavy (non-hydrogen) atoms. The van der Waals surface area contributed by atoms with Crippen LogP contribution in [0.3, 0.4) is 0 Å². The maximum absolute atomic E-state index is 12.1. The summed E-state index contributed by atoms with van der Waals surface area (Å²) in [5.41, 5.74) is 0.931. The first-order valence-corrected chi connectivity index (χ1v) is 27.9. The zero-order valence-electron chi connectivity index (χ0n) is 45.7. The zero-order valence-corrected chi connectivity index (χ0v) is 45.7. The molecule has 5 saturated heterocycles. The number of hydrogen-bond donors (Lipinski definition) is 12. The molecule has 1 unspecified atom stereocenters. The largest absolute Gasteiger partial charge is 0.394 e. The highest BCUT2D eigenvalue weighted by molar-refractivity contribution is 5.26. The van der Waals surface area contributed by atoms with Crippen LogP contribution in [0.25, 0.3) is 0 Å². The molecule has 0 aromatic carbocycles. The van der Waals surface area contributed by atoms with Crippen molar-refractivity contribution in [2.24, 2.45) is 34.5 Å². The van der Waals surface area contributed by atoms with Crippen LogP contribution in [0.15, 0.2) is 11.6 Å². The smallest absolute Gasteiger partial charge is 0.189 e.